The Morgan fingerprint density at radius 1 is 1.30 bits per heavy atom. The lowest BCUT2D eigenvalue weighted by Crippen LogP contribution is -1.80. The number of thiazole rings is 1. The molecule has 2 aromatic heterocycles. The van der Waals surface area contributed by atoms with E-state index in [2.05, 4.69) is 18.0 Å². The van der Waals surface area contributed by atoms with E-state index in [9.17, 15) is 0 Å². The second-order valence-corrected chi connectivity index (χ2v) is 5.78. The molecule has 3 aromatic rings. The van der Waals surface area contributed by atoms with E-state index >= 15 is 0 Å². The molecule has 0 aliphatic rings. The molecule has 0 spiro atoms. The predicted molar refractivity (Wildman–Crippen MR) is 86.3 cm³/mol. The Labute approximate surface area is 126 Å². The molecule has 102 valence electrons. The third kappa shape index (κ3) is 2.65. The maximum Gasteiger partial charge on any atom is 0.163 e. The summed E-state index contributed by atoms with van der Waals surface area (Å²) in [6.07, 6.45) is 2.94. The standard InChI is InChI=1S/C16H14ClNOS/c1-2-11(10-17)9-12-7-8-14(19-12)16-18-13-5-3-4-6-15(13)20-16/h3-9H,2,10H2,1H3. The molecule has 2 nitrogen and oxygen atoms in total. The average Bonchev–Trinajstić information content (AvgIpc) is 3.10. The van der Waals surface area contributed by atoms with Crippen molar-refractivity contribution in [2.75, 3.05) is 5.88 Å². The second kappa shape index (κ2) is 5.81. The van der Waals surface area contributed by atoms with Crippen LogP contribution in [-0.2, 0) is 0 Å². The molecule has 0 N–H and O–H groups in total. The van der Waals surface area contributed by atoms with Crippen LogP contribution in [-0.4, -0.2) is 10.9 Å². The van der Waals surface area contributed by atoms with Gasteiger partial charge in [-0.25, -0.2) is 4.98 Å². The summed E-state index contributed by atoms with van der Waals surface area (Å²) in [6.45, 7) is 2.09. The number of hydrogen-bond donors (Lipinski definition) is 0. The molecule has 0 aliphatic heterocycles. The quantitative estimate of drug-likeness (QED) is 0.587. The van der Waals surface area contributed by atoms with Gasteiger partial charge in [0.05, 0.1) is 10.2 Å². The van der Waals surface area contributed by atoms with Crippen LogP contribution in [0.2, 0.25) is 0 Å². The van der Waals surface area contributed by atoms with E-state index < -0.39 is 0 Å². The summed E-state index contributed by atoms with van der Waals surface area (Å²) in [5.41, 5.74) is 2.17. The van der Waals surface area contributed by atoms with Crippen molar-refractivity contribution in [2.24, 2.45) is 0 Å². The van der Waals surface area contributed by atoms with E-state index in [1.165, 1.54) is 4.70 Å². The molecule has 1 aromatic carbocycles. The highest BCUT2D eigenvalue weighted by atomic mass is 35.5. The number of fused-ring (bicyclic) bond motifs is 1. The molecule has 0 saturated heterocycles. The van der Waals surface area contributed by atoms with Crippen molar-refractivity contribution in [3.05, 3.63) is 47.7 Å². The zero-order chi connectivity index (χ0) is 13.9. The highest BCUT2D eigenvalue weighted by Crippen LogP contribution is 2.31. The summed E-state index contributed by atoms with van der Waals surface area (Å²) in [5, 5.41) is 0.912. The molecule has 0 amide bonds. The number of hydrogen-bond acceptors (Lipinski definition) is 3. The first kappa shape index (κ1) is 13.4. The van der Waals surface area contributed by atoms with E-state index in [0.29, 0.717) is 5.88 Å². The van der Waals surface area contributed by atoms with Crippen LogP contribution in [0.4, 0.5) is 0 Å². The molecule has 0 bridgehead atoms. The second-order valence-electron chi connectivity index (χ2n) is 4.48. The van der Waals surface area contributed by atoms with E-state index in [4.69, 9.17) is 16.0 Å². The van der Waals surface area contributed by atoms with Gasteiger partial charge in [0.1, 0.15) is 5.76 Å². The highest BCUT2D eigenvalue weighted by Gasteiger charge is 2.09. The molecular formula is C16H14ClNOS. The third-order valence-corrected chi connectivity index (χ3v) is 4.50. The summed E-state index contributed by atoms with van der Waals surface area (Å²) in [4.78, 5) is 4.59. The summed E-state index contributed by atoms with van der Waals surface area (Å²) >= 11 is 7.52. The minimum atomic E-state index is 0.535. The number of para-hydroxylation sites is 1. The van der Waals surface area contributed by atoms with Gasteiger partial charge in [-0.3, -0.25) is 0 Å². The first-order valence-electron chi connectivity index (χ1n) is 6.51. The monoisotopic (exact) mass is 303 g/mol. The van der Waals surface area contributed by atoms with E-state index in [1.807, 2.05) is 36.4 Å². The molecule has 0 radical (unpaired) electrons. The van der Waals surface area contributed by atoms with Gasteiger partial charge in [0, 0.05) is 5.88 Å². The van der Waals surface area contributed by atoms with E-state index in [0.717, 1.165) is 34.0 Å². The van der Waals surface area contributed by atoms with Crippen LogP contribution >= 0.6 is 22.9 Å². The number of benzene rings is 1. The van der Waals surface area contributed by atoms with Gasteiger partial charge in [-0.05, 0) is 36.8 Å². The molecule has 0 saturated carbocycles. The minimum Gasteiger partial charge on any atom is -0.454 e. The van der Waals surface area contributed by atoms with Crippen LogP contribution in [0.3, 0.4) is 0 Å². The third-order valence-electron chi connectivity index (χ3n) is 3.10. The van der Waals surface area contributed by atoms with Gasteiger partial charge in [0.2, 0.25) is 0 Å². The Bertz CT molecular complexity index is 718. The van der Waals surface area contributed by atoms with Crippen molar-refractivity contribution in [1.82, 2.24) is 4.98 Å². The van der Waals surface area contributed by atoms with Crippen molar-refractivity contribution in [3.63, 3.8) is 0 Å². The number of allylic oxidation sites excluding steroid dienone is 1. The van der Waals surface area contributed by atoms with Crippen LogP contribution in [0.25, 0.3) is 27.1 Å². The number of halogens is 1. The zero-order valence-corrected chi connectivity index (χ0v) is 12.7. The average molecular weight is 304 g/mol. The van der Waals surface area contributed by atoms with Gasteiger partial charge >= 0.3 is 0 Å². The molecule has 0 unspecified atom stereocenters. The first-order chi connectivity index (χ1) is 9.80. The van der Waals surface area contributed by atoms with Gasteiger partial charge in [-0.15, -0.1) is 22.9 Å². The van der Waals surface area contributed by atoms with E-state index in [-0.39, 0.29) is 0 Å². The lowest BCUT2D eigenvalue weighted by molar-refractivity contribution is 0.571. The Morgan fingerprint density at radius 2 is 2.15 bits per heavy atom. The smallest absolute Gasteiger partial charge is 0.163 e. The number of alkyl halides is 1. The Hall–Kier alpha value is -1.58. The Morgan fingerprint density at radius 3 is 2.90 bits per heavy atom. The lowest BCUT2D eigenvalue weighted by atomic mass is 10.2. The molecule has 2 heterocycles. The van der Waals surface area contributed by atoms with Crippen LogP contribution < -0.4 is 0 Å². The lowest BCUT2D eigenvalue weighted by Gasteiger charge is -1.96. The molecule has 3 rings (SSSR count). The van der Waals surface area contributed by atoms with Gasteiger partial charge in [0.25, 0.3) is 0 Å². The molecule has 0 fully saturated rings. The summed E-state index contributed by atoms with van der Waals surface area (Å²) in [5.74, 6) is 2.17. The minimum absolute atomic E-state index is 0.535. The molecular weight excluding hydrogens is 290 g/mol. The molecule has 20 heavy (non-hydrogen) atoms. The zero-order valence-electron chi connectivity index (χ0n) is 11.1. The molecule has 0 atom stereocenters. The number of nitrogens with zero attached hydrogens (tertiary/aromatic N) is 1. The van der Waals surface area contributed by atoms with Crippen molar-refractivity contribution >= 4 is 39.2 Å². The largest absolute Gasteiger partial charge is 0.454 e. The summed E-state index contributed by atoms with van der Waals surface area (Å²) in [6, 6.07) is 12.0. The van der Waals surface area contributed by atoms with Crippen molar-refractivity contribution < 1.29 is 4.42 Å². The summed E-state index contributed by atoms with van der Waals surface area (Å²) < 4.78 is 7.02. The van der Waals surface area contributed by atoms with Crippen molar-refractivity contribution in [2.45, 2.75) is 13.3 Å². The first-order valence-corrected chi connectivity index (χ1v) is 7.86. The highest BCUT2D eigenvalue weighted by molar-refractivity contribution is 7.21. The topological polar surface area (TPSA) is 26.0 Å². The van der Waals surface area contributed by atoms with Gasteiger partial charge in [-0.1, -0.05) is 24.6 Å². The van der Waals surface area contributed by atoms with Crippen LogP contribution in [0.5, 0.6) is 0 Å². The Balaban J connectivity index is 1.95. The summed E-state index contributed by atoms with van der Waals surface area (Å²) in [7, 11) is 0. The van der Waals surface area contributed by atoms with Gasteiger partial charge in [-0.2, -0.15) is 0 Å². The van der Waals surface area contributed by atoms with Gasteiger partial charge in [0.15, 0.2) is 10.8 Å². The maximum absolute atomic E-state index is 5.87. The van der Waals surface area contributed by atoms with Crippen LogP contribution in [0.15, 0.2) is 46.4 Å². The molecule has 4 heteroatoms. The van der Waals surface area contributed by atoms with Crippen LogP contribution in [0.1, 0.15) is 19.1 Å². The normalized spacial score (nSPS) is 12.2. The number of furan rings is 1. The fraction of sp³-hybridized carbons (Fsp3) is 0.188. The van der Waals surface area contributed by atoms with Crippen molar-refractivity contribution in [3.8, 4) is 10.8 Å². The van der Waals surface area contributed by atoms with Gasteiger partial charge < -0.3 is 4.42 Å². The fourth-order valence-electron chi connectivity index (χ4n) is 1.96. The van der Waals surface area contributed by atoms with Crippen molar-refractivity contribution in [1.29, 1.82) is 0 Å². The number of rotatable bonds is 4. The fourth-order valence-corrected chi connectivity index (χ4v) is 3.15. The maximum atomic E-state index is 5.87. The Kier molecular flexibility index (Phi) is 3.90. The number of aromatic nitrogens is 1. The SMILES string of the molecule is CCC(=Cc1ccc(-c2nc3ccccc3s2)o1)CCl. The van der Waals surface area contributed by atoms with E-state index in [1.54, 1.807) is 11.3 Å². The molecule has 0 aliphatic carbocycles. The predicted octanol–water partition coefficient (Wildman–Crippen LogP) is 5.59. The van der Waals surface area contributed by atoms with Crippen LogP contribution in [0, 0.1) is 0 Å².